The SMILES string of the molecule is O=C(CCc1cc2n(n1)CCN(Cc1ccc(F)c(F)c1F)C2)NCCO. The number of carbonyl (C=O) groups excluding carboxylic acids is 1. The van der Waals surface area contributed by atoms with Crippen LogP contribution in [0.25, 0.3) is 0 Å². The van der Waals surface area contributed by atoms with Crippen molar-refractivity contribution in [2.45, 2.75) is 32.5 Å². The van der Waals surface area contributed by atoms with Crippen LogP contribution in [0.3, 0.4) is 0 Å². The van der Waals surface area contributed by atoms with Gasteiger partial charge in [-0.2, -0.15) is 5.10 Å². The first-order valence-corrected chi connectivity index (χ1v) is 8.76. The Balaban J connectivity index is 1.59. The van der Waals surface area contributed by atoms with E-state index < -0.39 is 17.5 Å². The van der Waals surface area contributed by atoms with Crippen molar-refractivity contribution in [2.24, 2.45) is 0 Å². The van der Waals surface area contributed by atoms with Gasteiger partial charge in [0.1, 0.15) is 0 Å². The second-order valence-corrected chi connectivity index (χ2v) is 6.47. The average Bonchev–Trinajstić information content (AvgIpc) is 3.07. The van der Waals surface area contributed by atoms with Crippen LogP contribution in [0.1, 0.15) is 23.4 Å². The second kappa shape index (κ2) is 8.53. The maximum Gasteiger partial charge on any atom is 0.220 e. The Morgan fingerprint density at radius 3 is 2.81 bits per heavy atom. The smallest absolute Gasteiger partial charge is 0.220 e. The Bertz CT molecular complexity index is 825. The number of hydrogen-bond donors (Lipinski definition) is 2. The standard InChI is InChI=1S/C18H21F3N4O2/c19-15-3-1-12(17(20)18(15)21)10-24-6-7-25-14(11-24)9-13(23-25)2-4-16(27)22-5-8-26/h1,3,9,26H,2,4-8,10-11H2,(H,22,27). The summed E-state index contributed by atoms with van der Waals surface area (Å²) in [7, 11) is 0. The monoisotopic (exact) mass is 382 g/mol. The molecule has 2 N–H and O–H groups in total. The molecule has 1 aromatic heterocycles. The van der Waals surface area contributed by atoms with Gasteiger partial charge >= 0.3 is 0 Å². The Labute approximate surface area is 154 Å². The number of benzene rings is 1. The lowest BCUT2D eigenvalue weighted by Crippen LogP contribution is -2.33. The van der Waals surface area contributed by atoms with Crippen molar-refractivity contribution in [1.82, 2.24) is 20.0 Å². The van der Waals surface area contributed by atoms with E-state index >= 15 is 0 Å². The molecular weight excluding hydrogens is 361 g/mol. The van der Waals surface area contributed by atoms with Gasteiger partial charge in [0.05, 0.1) is 24.5 Å². The summed E-state index contributed by atoms with van der Waals surface area (Å²) in [5.41, 5.74) is 1.82. The zero-order chi connectivity index (χ0) is 19.4. The highest BCUT2D eigenvalue weighted by Gasteiger charge is 2.21. The molecule has 9 heteroatoms. The molecule has 0 unspecified atom stereocenters. The summed E-state index contributed by atoms with van der Waals surface area (Å²) in [6.45, 7) is 2.00. The number of amides is 1. The van der Waals surface area contributed by atoms with Crippen LogP contribution in [0.2, 0.25) is 0 Å². The van der Waals surface area contributed by atoms with Gasteiger partial charge in [0.25, 0.3) is 0 Å². The molecule has 1 aliphatic heterocycles. The number of fused-ring (bicyclic) bond motifs is 1. The zero-order valence-corrected chi connectivity index (χ0v) is 14.7. The fourth-order valence-corrected chi connectivity index (χ4v) is 3.09. The summed E-state index contributed by atoms with van der Waals surface area (Å²) in [5, 5.41) is 15.7. The number of nitrogens with zero attached hydrogens (tertiary/aromatic N) is 3. The number of aromatic nitrogens is 2. The number of nitrogens with one attached hydrogen (secondary N) is 1. The van der Waals surface area contributed by atoms with Crippen molar-refractivity contribution in [3.63, 3.8) is 0 Å². The van der Waals surface area contributed by atoms with Crippen LogP contribution in [0.5, 0.6) is 0 Å². The quantitative estimate of drug-likeness (QED) is 0.710. The third kappa shape index (κ3) is 4.67. The van der Waals surface area contributed by atoms with Crippen molar-refractivity contribution in [2.75, 3.05) is 19.7 Å². The third-order valence-electron chi connectivity index (χ3n) is 4.48. The highest BCUT2D eigenvalue weighted by atomic mass is 19.2. The summed E-state index contributed by atoms with van der Waals surface area (Å²) >= 11 is 0. The van der Waals surface area contributed by atoms with Crippen LogP contribution >= 0.6 is 0 Å². The summed E-state index contributed by atoms with van der Waals surface area (Å²) in [4.78, 5) is 13.5. The zero-order valence-electron chi connectivity index (χ0n) is 14.7. The summed E-state index contributed by atoms with van der Waals surface area (Å²) in [6.07, 6.45) is 0.759. The van der Waals surface area contributed by atoms with E-state index in [-0.39, 0.29) is 37.6 Å². The second-order valence-electron chi connectivity index (χ2n) is 6.47. The van der Waals surface area contributed by atoms with Crippen molar-refractivity contribution in [3.8, 4) is 0 Å². The molecular formula is C18H21F3N4O2. The van der Waals surface area contributed by atoms with Crippen LogP contribution in [0.15, 0.2) is 18.2 Å². The molecule has 0 bridgehead atoms. The number of halogens is 3. The van der Waals surface area contributed by atoms with E-state index in [0.29, 0.717) is 26.1 Å². The van der Waals surface area contributed by atoms with Gasteiger partial charge in [0.15, 0.2) is 17.5 Å². The maximum atomic E-state index is 13.9. The van der Waals surface area contributed by atoms with E-state index in [9.17, 15) is 18.0 Å². The lowest BCUT2D eigenvalue weighted by atomic mass is 10.1. The van der Waals surface area contributed by atoms with E-state index in [1.807, 2.05) is 15.6 Å². The largest absolute Gasteiger partial charge is 0.395 e. The van der Waals surface area contributed by atoms with Crippen molar-refractivity contribution in [3.05, 3.63) is 52.6 Å². The number of aliphatic hydroxyl groups is 1. The van der Waals surface area contributed by atoms with Crippen LogP contribution in [0.4, 0.5) is 13.2 Å². The molecule has 2 aromatic rings. The predicted molar refractivity (Wildman–Crippen MR) is 91.1 cm³/mol. The molecule has 0 fully saturated rings. The number of hydrogen-bond acceptors (Lipinski definition) is 4. The minimum Gasteiger partial charge on any atom is -0.395 e. The van der Waals surface area contributed by atoms with Gasteiger partial charge in [0, 0.05) is 44.6 Å². The first kappa shape index (κ1) is 19.4. The Morgan fingerprint density at radius 2 is 2.04 bits per heavy atom. The van der Waals surface area contributed by atoms with Gasteiger partial charge < -0.3 is 10.4 Å². The average molecular weight is 382 g/mol. The lowest BCUT2D eigenvalue weighted by Gasteiger charge is -2.27. The maximum absolute atomic E-state index is 13.9. The molecule has 1 aromatic carbocycles. The van der Waals surface area contributed by atoms with Crippen molar-refractivity contribution >= 4 is 5.91 Å². The molecule has 2 heterocycles. The molecule has 0 aliphatic carbocycles. The first-order valence-electron chi connectivity index (χ1n) is 8.76. The van der Waals surface area contributed by atoms with Crippen molar-refractivity contribution in [1.29, 1.82) is 0 Å². The van der Waals surface area contributed by atoms with Crippen LogP contribution in [-0.4, -0.2) is 45.4 Å². The van der Waals surface area contributed by atoms with Crippen LogP contribution < -0.4 is 5.32 Å². The molecule has 146 valence electrons. The first-order chi connectivity index (χ1) is 13.0. The highest BCUT2D eigenvalue weighted by molar-refractivity contribution is 5.76. The van der Waals surface area contributed by atoms with E-state index in [1.54, 1.807) is 0 Å². The summed E-state index contributed by atoms with van der Waals surface area (Å²) in [6, 6.07) is 4.09. The van der Waals surface area contributed by atoms with Gasteiger partial charge in [-0.15, -0.1) is 0 Å². The Kier molecular flexibility index (Phi) is 6.12. The predicted octanol–water partition coefficient (Wildman–Crippen LogP) is 1.36. The van der Waals surface area contributed by atoms with E-state index in [1.165, 1.54) is 6.07 Å². The minimum absolute atomic E-state index is 0.0983. The Morgan fingerprint density at radius 1 is 1.22 bits per heavy atom. The van der Waals surface area contributed by atoms with Gasteiger partial charge in [-0.25, -0.2) is 13.2 Å². The number of aliphatic hydroxyl groups excluding tert-OH is 1. The van der Waals surface area contributed by atoms with Crippen molar-refractivity contribution < 1.29 is 23.1 Å². The molecule has 3 rings (SSSR count). The molecule has 27 heavy (non-hydrogen) atoms. The molecule has 1 aliphatic rings. The van der Waals surface area contributed by atoms with Gasteiger partial charge in [-0.05, 0) is 12.1 Å². The third-order valence-corrected chi connectivity index (χ3v) is 4.48. The van der Waals surface area contributed by atoms with Crippen LogP contribution in [0, 0.1) is 17.5 Å². The highest BCUT2D eigenvalue weighted by Crippen LogP contribution is 2.20. The number of aryl methyl sites for hydroxylation is 1. The summed E-state index contributed by atoms with van der Waals surface area (Å²) < 4.78 is 42.2. The molecule has 1 amide bonds. The molecule has 0 atom stereocenters. The molecule has 6 nitrogen and oxygen atoms in total. The number of carbonyl (C=O) groups is 1. The number of rotatable bonds is 7. The lowest BCUT2D eigenvalue weighted by molar-refractivity contribution is -0.121. The summed E-state index contributed by atoms with van der Waals surface area (Å²) in [5.74, 6) is -3.94. The normalized spacial score (nSPS) is 14.2. The van der Waals surface area contributed by atoms with Gasteiger partial charge in [-0.3, -0.25) is 14.4 Å². The van der Waals surface area contributed by atoms with Gasteiger partial charge in [-0.1, -0.05) is 6.07 Å². The minimum atomic E-state index is -1.45. The fraction of sp³-hybridized carbons (Fsp3) is 0.444. The van der Waals surface area contributed by atoms with E-state index in [0.717, 1.165) is 17.5 Å². The molecule has 0 radical (unpaired) electrons. The van der Waals surface area contributed by atoms with Gasteiger partial charge in [0.2, 0.25) is 5.91 Å². The molecule has 0 saturated carbocycles. The fourth-order valence-electron chi connectivity index (χ4n) is 3.09. The van der Waals surface area contributed by atoms with E-state index in [2.05, 4.69) is 10.4 Å². The topological polar surface area (TPSA) is 70.4 Å². The molecule has 0 spiro atoms. The molecule has 0 saturated heterocycles. The van der Waals surface area contributed by atoms with E-state index in [4.69, 9.17) is 5.11 Å². The Hall–Kier alpha value is -2.39. The van der Waals surface area contributed by atoms with Crippen LogP contribution in [-0.2, 0) is 30.8 Å².